The molecule has 194 valence electrons. The molecule has 1 aliphatic heterocycles. The summed E-state index contributed by atoms with van der Waals surface area (Å²) in [5, 5.41) is 3.64. The van der Waals surface area contributed by atoms with Crippen LogP contribution in [-0.2, 0) is 4.74 Å². The average Bonchev–Trinajstić information content (AvgIpc) is 3.65. The van der Waals surface area contributed by atoms with E-state index in [4.69, 9.17) is 14.7 Å². The summed E-state index contributed by atoms with van der Waals surface area (Å²) < 4.78 is 7.94. The van der Waals surface area contributed by atoms with Crippen LogP contribution in [0.25, 0.3) is 59.5 Å². The molecule has 5 nitrogen and oxygen atoms in total. The van der Waals surface area contributed by atoms with E-state index in [1.165, 1.54) is 32.2 Å². The molecule has 4 aromatic carbocycles. The molecule has 0 saturated carbocycles. The van der Waals surface area contributed by atoms with E-state index in [0.29, 0.717) is 0 Å². The van der Waals surface area contributed by atoms with Gasteiger partial charge in [0, 0.05) is 39.8 Å². The zero-order chi connectivity index (χ0) is 26.5. The summed E-state index contributed by atoms with van der Waals surface area (Å²) in [5.74, 6) is 1.77. The van der Waals surface area contributed by atoms with Crippen LogP contribution in [0.1, 0.15) is 0 Å². The first kappa shape index (κ1) is 23.4. The lowest BCUT2D eigenvalue weighted by molar-refractivity contribution is 0.122. The molecule has 0 radical (unpaired) electrons. The van der Waals surface area contributed by atoms with Crippen LogP contribution in [0.4, 0.5) is 5.82 Å². The molecule has 40 heavy (non-hydrogen) atoms. The topological polar surface area (TPSA) is 43.2 Å². The van der Waals surface area contributed by atoms with Gasteiger partial charge in [-0.2, -0.15) is 0 Å². The highest BCUT2D eigenvalue weighted by Gasteiger charge is 2.19. The molecule has 1 aliphatic rings. The van der Waals surface area contributed by atoms with E-state index < -0.39 is 0 Å². The van der Waals surface area contributed by atoms with Gasteiger partial charge in [0.1, 0.15) is 5.82 Å². The predicted octanol–water partition coefficient (Wildman–Crippen LogP) is 7.96. The van der Waals surface area contributed by atoms with Gasteiger partial charge in [-0.3, -0.25) is 0 Å². The number of aromatic nitrogens is 3. The van der Waals surface area contributed by atoms with Crippen molar-refractivity contribution in [1.29, 1.82) is 0 Å². The Morgan fingerprint density at radius 2 is 1.23 bits per heavy atom. The highest BCUT2D eigenvalue weighted by Crippen LogP contribution is 2.37. The Balaban J connectivity index is 1.16. The van der Waals surface area contributed by atoms with E-state index in [9.17, 15) is 0 Å². The summed E-state index contributed by atoms with van der Waals surface area (Å²) in [6, 6.07) is 38.7. The molecule has 0 N–H and O–H groups in total. The normalized spacial score (nSPS) is 13.9. The zero-order valence-corrected chi connectivity index (χ0v) is 22.6. The number of benzene rings is 4. The number of rotatable bonds is 4. The van der Waals surface area contributed by atoms with Gasteiger partial charge in [0.15, 0.2) is 5.82 Å². The molecule has 0 unspecified atom stereocenters. The Kier molecular flexibility index (Phi) is 5.60. The number of hydrogen-bond acceptors (Lipinski definition) is 5. The number of fused-ring (bicyclic) bond motifs is 4. The van der Waals surface area contributed by atoms with E-state index in [-0.39, 0.29) is 0 Å². The van der Waals surface area contributed by atoms with Crippen molar-refractivity contribution in [3.8, 4) is 26.8 Å². The average molecular weight is 539 g/mol. The Morgan fingerprint density at radius 3 is 1.95 bits per heavy atom. The number of thiophene rings is 1. The third kappa shape index (κ3) is 3.87. The summed E-state index contributed by atoms with van der Waals surface area (Å²) in [6.07, 6.45) is 0. The van der Waals surface area contributed by atoms with E-state index in [1.807, 2.05) is 6.07 Å². The van der Waals surface area contributed by atoms with Crippen molar-refractivity contribution in [3.05, 3.63) is 109 Å². The lowest BCUT2D eigenvalue weighted by atomic mass is 10.1. The lowest BCUT2D eigenvalue weighted by Gasteiger charge is -2.28. The first-order valence-corrected chi connectivity index (χ1v) is 14.4. The molecule has 4 heterocycles. The van der Waals surface area contributed by atoms with Crippen molar-refractivity contribution in [2.24, 2.45) is 0 Å². The maximum Gasteiger partial charge on any atom is 0.172 e. The van der Waals surface area contributed by atoms with Crippen molar-refractivity contribution in [2.75, 3.05) is 31.2 Å². The molecule has 0 atom stereocenters. The number of ether oxygens (including phenoxy) is 1. The maximum absolute atomic E-state index is 5.59. The molecule has 0 amide bonds. The molecule has 0 spiro atoms. The van der Waals surface area contributed by atoms with Crippen molar-refractivity contribution >= 4 is 49.9 Å². The van der Waals surface area contributed by atoms with Crippen LogP contribution in [0, 0.1) is 0 Å². The maximum atomic E-state index is 5.59. The Bertz CT molecular complexity index is 1950. The van der Waals surface area contributed by atoms with E-state index >= 15 is 0 Å². The summed E-state index contributed by atoms with van der Waals surface area (Å²) in [4.78, 5) is 14.6. The van der Waals surface area contributed by atoms with Crippen molar-refractivity contribution in [2.45, 2.75) is 0 Å². The SMILES string of the molecule is c1ccc2c(N3CCOCC3)nc(-c3ccc(-c4ccc(-n5c6ccccc6c6ccccc65)cc4)s3)nc2c1. The molecule has 7 aromatic rings. The first-order valence-electron chi connectivity index (χ1n) is 13.6. The molecule has 8 rings (SSSR count). The Morgan fingerprint density at radius 1 is 0.600 bits per heavy atom. The fourth-order valence-corrected chi connectivity index (χ4v) is 6.72. The van der Waals surface area contributed by atoms with Crippen LogP contribution < -0.4 is 4.90 Å². The molecule has 6 heteroatoms. The number of morpholine rings is 1. The fourth-order valence-electron chi connectivity index (χ4n) is 5.77. The molecule has 0 aliphatic carbocycles. The summed E-state index contributed by atoms with van der Waals surface area (Å²) in [7, 11) is 0. The molecule has 3 aromatic heterocycles. The van der Waals surface area contributed by atoms with Crippen LogP contribution in [0.15, 0.2) is 109 Å². The van der Waals surface area contributed by atoms with Crippen molar-refractivity contribution in [1.82, 2.24) is 14.5 Å². The van der Waals surface area contributed by atoms with Crippen LogP contribution in [0.3, 0.4) is 0 Å². The van der Waals surface area contributed by atoms with Crippen molar-refractivity contribution < 1.29 is 4.74 Å². The van der Waals surface area contributed by atoms with Crippen LogP contribution in [0.2, 0.25) is 0 Å². The van der Waals surface area contributed by atoms with Gasteiger partial charge < -0.3 is 14.2 Å². The van der Waals surface area contributed by atoms with Gasteiger partial charge in [0.25, 0.3) is 0 Å². The minimum atomic E-state index is 0.724. The van der Waals surface area contributed by atoms with E-state index in [2.05, 4.69) is 113 Å². The second-order valence-corrected chi connectivity index (χ2v) is 11.2. The van der Waals surface area contributed by atoms with E-state index in [1.54, 1.807) is 11.3 Å². The third-order valence-electron chi connectivity index (χ3n) is 7.71. The Hall–Kier alpha value is -4.52. The minimum Gasteiger partial charge on any atom is -0.378 e. The van der Waals surface area contributed by atoms with Crippen LogP contribution in [-0.4, -0.2) is 40.8 Å². The highest BCUT2D eigenvalue weighted by atomic mass is 32.1. The summed E-state index contributed by atoms with van der Waals surface area (Å²) >= 11 is 1.74. The zero-order valence-electron chi connectivity index (χ0n) is 21.8. The minimum absolute atomic E-state index is 0.724. The van der Waals surface area contributed by atoms with Gasteiger partial charge in [-0.25, -0.2) is 9.97 Å². The predicted molar refractivity (Wildman–Crippen MR) is 166 cm³/mol. The largest absolute Gasteiger partial charge is 0.378 e. The smallest absolute Gasteiger partial charge is 0.172 e. The second-order valence-electron chi connectivity index (χ2n) is 10.1. The number of para-hydroxylation sites is 3. The standard InChI is InChI=1S/C34H26N4OS/c1-4-10-28-27(9-1)34(37-19-21-39-22-20-37)36-33(35-28)32-18-17-31(40-32)23-13-15-24(16-14-23)38-29-11-5-2-7-25(29)26-8-3-6-12-30(26)38/h1-18H,19-22H2. The van der Waals surface area contributed by atoms with Crippen molar-refractivity contribution in [3.63, 3.8) is 0 Å². The third-order valence-corrected chi connectivity index (χ3v) is 8.84. The Labute approximate surface area is 235 Å². The lowest BCUT2D eigenvalue weighted by Crippen LogP contribution is -2.37. The number of nitrogens with zero attached hydrogens (tertiary/aromatic N) is 4. The molecule has 1 saturated heterocycles. The quantitative estimate of drug-likeness (QED) is 0.228. The molecular formula is C34H26N4OS. The van der Waals surface area contributed by atoms with Gasteiger partial charge in [-0.15, -0.1) is 11.3 Å². The molecule has 0 bridgehead atoms. The fraction of sp³-hybridized carbons (Fsp3) is 0.118. The van der Waals surface area contributed by atoms with Gasteiger partial charge >= 0.3 is 0 Å². The second kappa shape index (κ2) is 9.59. The van der Waals surface area contributed by atoms with Gasteiger partial charge in [0.2, 0.25) is 0 Å². The van der Waals surface area contributed by atoms with E-state index in [0.717, 1.165) is 59.4 Å². The van der Waals surface area contributed by atoms with Gasteiger partial charge in [0.05, 0.1) is 34.6 Å². The highest BCUT2D eigenvalue weighted by molar-refractivity contribution is 7.18. The molecule has 1 fully saturated rings. The summed E-state index contributed by atoms with van der Waals surface area (Å²) in [5.41, 5.74) is 5.76. The molecular weight excluding hydrogens is 512 g/mol. The van der Waals surface area contributed by atoms with Gasteiger partial charge in [-0.1, -0.05) is 60.7 Å². The van der Waals surface area contributed by atoms with Crippen LogP contribution >= 0.6 is 11.3 Å². The summed E-state index contributed by atoms with van der Waals surface area (Å²) in [6.45, 7) is 3.13. The number of hydrogen-bond donors (Lipinski definition) is 0. The first-order chi connectivity index (χ1) is 19.8. The van der Waals surface area contributed by atoms with Gasteiger partial charge in [-0.05, 0) is 54.1 Å². The number of anilines is 1. The van der Waals surface area contributed by atoms with Crippen LogP contribution in [0.5, 0.6) is 0 Å². The monoisotopic (exact) mass is 538 g/mol.